The van der Waals surface area contributed by atoms with Crippen molar-refractivity contribution in [3.63, 3.8) is 0 Å². The predicted octanol–water partition coefficient (Wildman–Crippen LogP) is 1.41. The molecule has 0 fully saturated rings. The van der Waals surface area contributed by atoms with Gasteiger partial charge < -0.3 is 9.94 Å². The molecule has 0 saturated heterocycles. The number of aryl methyl sites for hydroxylation is 1. The van der Waals surface area contributed by atoms with E-state index in [9.17, 15) is 0 Å². The molecular weight excluding hydrogens is 222 g/mol. The van der Waals surface area contributed by atoms with E-state index in [0.29, 0.717) is 18.7 Å². The third kappa shape index (κ3) is 3.49. The van der Waals surface area contributed by atoms with E-state index < -0.39 is 0 Å². The molecule has 1 aromatic heterocycles. The molecule has 0 saturated carbocycles. The SMILES string of the molecule is COCCCCc1nonc1C(Cl)=NO. The van der Waals surface area contributed by atoms with Crippen LogP contribution in [0.1, 0.15) is 24.2 Å². The number of aromatic nitrogens is 2. The number of methoxy groups -OCH3 is 1. The molecule has 0 amide bonds. The van der Waals surface area contributed by atoms with Gasteiger partial charge in [0.25, 0.3) is 0 Å². The second kappa shape index (κ2) is 6.36. The first-order chi connectivity index (χ1) is 7.29. The van der Waals surface area contributed by atoms with Gasteiger partial charge >= 0.3 is 0 Å². The van der Waals surface area contributed by atoms with E-state index >= 15 is 0 Å². The molecule has 1 rings (SSSR count). The number of hydrogen-bond donors (Lipinski definition) is 1. The third-order valence-electron chi connectivity index (χ3n) is 1.85. The fraction of sp³-hybridized carbons (Fsp3) is 0.625. The Morgan fingerprint density at radius 3 is 3.00 bits per heavy atom. The lowest BCUT2D eigenvalue weighted by molar-refractivity contribution is 0.192. The smallest absolute Gasteiger partial charge is 0.199 e. The van der Waals surface area contributed by atoms with Crippen molar-refractivity contribution >= 4 is 16.8 Å². The van der Waals surface area contributed by atoms with Crippen LogP contribution in [0.15, 0.2) is 9.78 Å². The lowest BCUT2D eigenvalue weighted by Gasteiger charge is -1.97. The fourth-order valence-electron chi connectivity index (χ4n) is 1.11. The molecule has 1 N–H and O–H groups in total. The van der Waals surface area contributed by atoms with Crippen LogP contribution in [0.4, 0.5) is 0 Å². The summed E-state index contributed by atoms with van der Waals surface area (Å²) in [6, 6.07) is 0. The minimum Gasteiger partial charge on any atom is -0.410 e. The molecule has 0 aliphatic carbocycles. The van der Waals surface area contributed by atoms with Crippen LogP contribution in [0.3, 0.4) is 0 Å². The maximum Gasteiger partial charge on any atom is 0.199 e. The summed E-state index contributed by atoms with van der Waals surface area (Å²) in [5.74, 6) is 0. The molecule has 15 heavy (non-hydrogen) atoms. The summed E-state index contributed by atoms with van der Waals surface area (Å²) in [6.07, 6.45) is 2.45. The van der Waals surface area contributed by atoms with Crippen molar-refractivity contribution in [2.45, 2.75) is 19.3 Å². The molecule has 84 valence electrons. The standard InChI is InChI=1S/C8H12ClN3O3/c1-14-5-3-2-4-6-7(8(9)10-13)12-15-11-6/h13H,2-5H2,1H3. The lowest BCUT2D eigenvalue weighted by atomic mass is 10.2. The first-order valence-corrected chi connectivity index (χ1v) is 4.85. The van der Waals surface area contributed by atoms with Gasteiger partial charge in [-0.3, -0.25) is 0 Å². The number of ether oxygens (including phenoxy) is 1. The Balaban J connectivity index is 2.50. The molecule has 0 aromatic carbocycles. The Morgan fingerprint density at radius 1 is 1.53 bits per heavy atom. The Morgan fingerprint density at radius 2 is 2.33 bits per heavy atom. The van der Waals surface area contributed by atoms with Gasteiger partial charge in [-0.1, -0.05) is 21.9 Å². The van der Waals surface area contributed by atoms with Crippen molar-refractivity contribution < 1.29 is 14.6 Å². The zero-order chi connectivity index (χ0) is 11.1. The molecule has 0 spiro atoms. The van der Waals surface area contributed by atoms with E-state index in [1.807, 2.05) is 0 Å². The maximum absolute atomic E-state index is 8.47. The molecule has 0 aliphatic heterocycles. The molecule has 0 radical (unpaired) electrons. The lowest BCUT2D eigenvalue weighted by Crippen LogP contribution is -1.99. The number of nitrogens with zero attached hydrogens (tertiary/aromatic N) is 3. The molecule has 0 unspecified atom stereocenters. The van der Waals surface area contributed by atoms with Crippen LogP contribution in [0.25, 0.3) is 0 Å². The molecule has 1 heterocycles. The highest BCUT2D eigenvalue weighted by molar-refractivity contribution is 6.69. The second-order valence-corrected chi connectivity index (χ2v) is 3.26. The van der Waals surface area contributed by atoms with Crippen LogP contribution >= 0.6 is 11.6 Å². The Bertz CT molecular complexity index is 327. The van der Waals surface area contributed by atoms with Crippen molar-refractivity contribution in [1.29, 1.82) is 0 Å². The zero-order valence-electron chi connectivity index (χ0n) is 8.31. The van der Waals surface area contributed by atoms with Crippen LogP contribution in [-0.4, -0.2) is 34.4 Å². The summed E-state index contributed by atoms with van der Waals surface area (Å²) in [5, 5.41) is 18.4. The quantitative estimate of drug-likeness (QED) is 0.348. The molecule has 6 nitrogen and oxygen atoms in total. The number of oxime groups is 1. The van der Waals surface area contributed by atoms with Gasteiger partial charge in [0.1, 0.15) is 5.69 Å². The van der Waals surface area contributed by atoms with E-state index in [2.05, 4.69) is 20.1 Å². The van der Waals surface area contributed by atoms with Gasteiger partial charge in [0.05, 0.1) is 0 Å². The molecular formula is C8H12ClN3O3. The topological polar surface area (TPSA) is 80.7 Å². The monoisotopic (exact) mass is 233 g/mol. The number of unbranched alkanes of at least 4 members (excludes halogenated alkanes) is 1. The van der Waals surface area contributed by atoms with E-state index in [-0.39, 0.29) is 10.9 Å². The van der Waals surface area contributed by atoms with Crippen molar-refractivity contribution in [2.75, 3.05) is 13.7 Å². The number of hydrogen-bond acceptors (Lipinski definition) is 6. The largest absolute Gasteiger partial charge is 0.410 e. The average molecular weight is 234 g/mol. The molecule has 1 aromatic rings. The summed E-state index contributed by atoms with van der Waals surface area (Å²) in [4.78, 5) is 0. The van der Waals surface area contributed by atoms with Gasteiger partial charge in [-0.15, -0.1) is 0 Å². The molecule has 0 bridgehead atoms. The summed E-state index contributed by atoms with van der Waals surface area (Å²) in [7, 11) is 1.65. The highest BCUT2D eigenvalue weighted by Crippen LogP contribution is 2.10. The van der Waals surface area contributed by atoms with Gasteiger partial charge in [0.15, 0.2) is 10.9 Å². The van der Waals surface area contributed by atoms with Gasteiger partial charge in [-0.2, -0.15) is 0 Å². The summed E-state index contributed by atoms with van der Waals surface area (Å²) >= 11 is 5.59. The van der Waals surface area contributed by atoms with Crippen molar-refractivity contribution in [1.82, 2.24) is 10.3 Å². The van der Waals surface area contributed by atoms with Gasteiger partial charge in [-0.25, -0.2) is 4.63 Å². The summed E-state index contributed by atoms with van der Waals surface area (Å²) < 4.78 is 9.43. The molecule has 0 aliphatic rings. The molecule has 7 heteroatoms. The minimum absolute atomic E-state index is 0.113. The normalized spacial score (nSPS) is 12.0. The van der Waals surface area contributed by atoms with Gasteiger partial charge in [0.2, 0.25) is 0 Å². The average Bonchev–Trinajstić information content (AvgIpc) is 2.71. The molecule has 0 atom stereocenters. The first kappa shape index (κ1) is 11.9. The number of halogens is 1. The van der Waals surface area contributed by atoms with Crippen molar-refractivity contribution in [3.05, 3.63) is 11.4 Å². The highest BCUT2D eigenvalue weighted by Gasteiger charge is 2.14. The van der Waals surface area contributed by atoms with E-state index in [1.54, 1.807) is 7.11 Å². The van der Waals surface area contributed by atoms with E-state index in [1.165, 1.54) is 0 Å². The van der Waals surface area contributed by atoms with E-state index in [0.717, 1.165) is 12.8 Å². The van der Waals surface area contributed by atoms with Crippen molar-refractivity contribution in [3.8, 4) is 0 Å². The fourth-order valence-corrected chi connectivity index (χ4v) is 1.26. The summed E-state index contributed by atoms with van der Waals surface area (Å²) in [5.41, 5.74) is 0.880. The van der Waals surface area contributed by atoms with Gasteiger partial charge in [-0.05, 0) is 24.4 Å². The Kier molecular flexibility index (Phi) is 5.06. The minimum atomic E-state index is -0.113. The summed E-state index contributed by atoms with van der Waals surface area (Å²) in [6.45, 7) is 0.697. The van der Waals surface area contributed by atoms with Gasteiger partial charge in [0, 0.05) is 13.7 Å². The zero-order valence-corrected chi connectivity index (χ0v) is 9.07. The van der Waals surface area contributed by atoms with Crippen LogP contribution in [0, 0.1) is 0 Å². The maximum atomic E-state index is 8.47. The Hall–Kier alpha value is -1.14. The van der Waals surface area contributed by atoms with Crippen LogP contribution in [0.2, 0.25) is 0 Å². The van der Waals surface area contributed by atoms with Crippen LogP contribution in [-0.2, 0) is 11.2 Å². The number of rotatable bonds is 6. The first-order valence-electron chi connectivity index (χ1n) is 4.48. The van der Waals surface area contributed by atoms with Crippen molar-refractivity contribution in [2.24, 2.45) is 5.16 Å². The highest BCUT2D eigenvalue weighted by atomic mass is 35.5. The van der Waals surface area contributed by atoms with Crippen LogP contribution < -0.4 is 0 Å². The van der Waals surface area contributed by atoms with E-state index in [4.69, 9.17) is 21.5 Å². The van der Waals surface area contributed by atoms with Crippen LogP contribution in [0.5, 0.6) is 0 Å². The third-order valence-corrected chi connectivity index (χ3v) is 2.11. The Labute approximate surface area is 91.8 Å². The second-order valence-electron chi connectivity index (χ2n) is 2.90. The predicted molar refractivity (Wildman–Crippen MR) is 53.3 cm³/mol.